The number of pyridine rings is 1. The number of aromatic nitrogens is 3. The summed E-state index contributed by atoms with van der Waals surface area (Å²) in [5, 5.41) is 8.27. The van der Waals surface area contributed by atoms with Crippen molar-refractivity contribution >= 4 is 0 Å². The SMILES string of the molecule is COc1cc(-c2nnc([C@H]3CN(C)C[C@@H](C)O3)o2)cc(C)n1. The molecule has 2 aromatic heterocycles. The molecule has 7 heteroatoms. The molecule has 0 aromatic carbocycles. The lowest BCUT2D eigenvalue weighted by Gasteiger charge is -2.32. The largest absolute Gasteiger partial charge is 0.481 e. The van der Waals surface area contributed by atoms with Crippen molar-refractivity contribution in [3.8, 4) is 17.3 Å². The van der Waals surface area contributed by atoms with Crippen molar-refractivity contribution < 1.29 is 13.9 Å². The molecule has 22 heavy (non-hydrogen) atoms. The van der Waals surface area contributed by atoms with Crippen molar-refractivity contribution in [1.82, 2.24) is 20.1 Å². The van der Waals surface area contributed by atoms with Gasteiger partial charge < -0.3 is 18.8 Å². The Bertz CT molecular complexity index is 648. The number of methoxy groups -OCH3 is 1. The predicted molar refractivity (Wildman–Crippen MR) is 79.6 cm³/mol. The van der Waals surface area contributed by atoms with Crippen LogP contribution >= 0.6 is 0 Å². The van der Waals surface area contributed by atoms with E-state index in [2.05, 4.69) is 27.1 Å². The number of hydrogen-bond acceptors (Lipinski definition) is 7. The minimum Gasteiger partial charge on any atom is -0.481 e. The monoisotopic (exact) mass is 304 g/mol. The second kappa shape index (κ2) is 6.02. The van der Waals surface area contributed by atoms with E-state index < -0.39 is 0 Å². The third-order valence-corrected chi connectivity index (χ3v) is 3.54. The molecular weight excluding hydrogens is 284 g/mol. The number of morpholine rings is 1. The van der Waals surface area contributed by atoms with E-state index in [4.69, 9.17) is 13.9 Å². The molecule has 0 amide bonds. The topological polar surface area (TPSA) is 73.5 Å². The molecule has 0 saturated carbocycles. The lowest BCUT2D eigenvalue weighted by atomic mass is 10.2. The Hall–Kier alpha value is -1.99. The number of rotatable bonds is 3. The van der Waals surface area contributed by atoms with Crippen LogP contribution in [0.2, 0.25) is 0 Å². The van der Waals surface area contributed by atoms with E-state index in [0.717, 1.165) is 24.3 Å². The highest BCUT2D eigenvalue weighted by atomic mass is 16.5. The first kappa shape index (κ1) is 14.9. The van der Waals surface area contributed by atoms with Gasteiger partial charge in [-0.05, 0) is 27.0 Å². The van der Waals surface area contributed by atoms with E-state index in [9.17, 15) is 0 Å². The Kier molecular flexibility index (Phi) is 4.08. The summed E-state index contributed by atoms with van der Waals surface area (Å²) in [7, 11) is 3.64. The van der Waals surface area contributed by atoms with Crippen LogP contribution in [0.5, 0.6) is 5.88 Å². The highest BCUT2D eigenvalue weighted by Gasteiger charge is 2.28. The third-order valence-electron chi connectivity index (χ3n) is 3.54. The van der Waals surface area contributed by atoms with Crippen LogP contribution in [0.15, 0.2) is 16.5 Å². The molecule has 7 nitrogen and oxygen atoms in total. The standard InChI is InChI=1S/C15H20N4O3/c1-9-5-11(6-13(16-9)20-4)14-17-18-15(22-14)12-8-19(3)7-10(2)21-12/h5-6,10,12H,7-8H2,1-4H3/t10-,12-/m1/s1. The number of ether oxygens (including phenoxy) is 2. The van der Waals surface area contributed by atoms with E-state index in [-0.39, 0.29) is 12.2 Å². The van der Waals surface area contributed by atoms with Gasteiger partial charge in [0.1, 0.15) is 6.10 Å². The zero-order chi connectivity index (χ0) is 15.7. The molecule has 1 fully saturated rings. The normalized spacial score (nSPS) is 22.7. The van der Waals surface area contributed by atoms with Gasteiger partial charge in [-0.2, -0.15) is 0 Å². The highest BCUT2D eigenvalue weighted by Crippen LogP contribution is 2.28. The lowest BCUT2D eigenvalue weighted by Crippen LogP contribution is -2.40. The van der Waals surface area contributed by atoms with E-state index in [0.29, 0.717) is 17.7 Å². The molecule has 0 spiro atoms. The Balaban J connectivity index is 1.86. The highest BCUT2D eigenvalue weighted by molar-refractivity contribution is 5.54. The van der Waals surface area contributed by atoms with E-state index >= 15 is 0 Å². The first-order chi connectivity index (χ1) is 10.5. The summed E-state index contributed by atoms with van der Waals surface area (Å²) in [6, 6.07) is 3.66. The van der Waals surface area contributed by atoms with Gasteiger partial charge in [-0.3, -0.25) is 0 Å². The van der Waals surface area contributed by atoms with E-state index in [1.165, 1.54) is 0 Å². The second-order valence-corrected chi connectivity index (χ2v) is 5.64. The molecule has 3 rings (SSSR count). The molecule has 0 unspecified atom stereocenters. The molecule has 3 heterocycles. The minimum atomic E-state index is -0.195. The molecule has 2 atom stereocenters. The van der Waals surface area contributed by atoms with Gasteiger partial charge in [0.05, 0.1) is 13.2 Å². The van der Waals surface area contributed by atoms with Crippen LogP contribution in [0.1, 0.15) is 24.6 Å². The van der Waals surface area contributed by atoms with Gasteiger partial charge in [0.15, 0.2) is 0 Å². The smallest absolute Gasteiger partial charge is 0.248 e. The second-order valence-electron chi connectivity index (χ2n) is 5.64. The van der Waals surface area contributed by atoms with Crippen LogP contribution in [0, 0.1) is 6.92 Å². The Morgan fingerprint density at radius 1 is 1.27 bits per heavy atom. The molecule has 0 bridgehead atoms. The van der Waals surface area contributed by atoms with Crippen LogP contribution < -0.4 is 4.74 Å². The molecule has 1 saturated heterocycles. The van der Waals surface area contributed by atoms with Gasteiger partial charge in [-0.25, -0.2) is 4.98 Å². The Morgan fingerprint density at radius 2 is 2.09 bits per heavy atom. The van der Waals surface area contributed by atoms with E-state index in [1.54, 1.807) is 13.2 Å². The van der Waals surface area contributed by atoms with E-state index in [1.807, 2.05) is 19.9 Å². The van der Waals surface area contributed by atoms with Crippen LogP contribution in [-0.4, -0.2) is 53.4 Å². The molecule has 0 radical (unpaired) electrons. The molecule has 0 aliphatic carbocycles. The van der Waals surface area contributed by atoms with Crippen molar-refractivity contribution in [2.45, 2.75) is 26.1 Å². The van der Waals surface area contributed by atoms with Crippen molar-refractivity contribution in [2.24, 2.45) is 0 Å². The van der Waals surface area contributed by atoms with Gasteiger partial charge in [0.2, 0.25) is 17.7 Å². The fourth-order valence-electron chi connectivity index (χ4n) is 2.65. The first-order valence-corrected chi connectivity index (χ1v) is 7.25. The summed E-state index contributed by atoms with van der Waals surface area (Å²) in [4.78, 5) is 6.45. The zero-order valence-electron chi connectivity index (χ0n) is 13.2. The average molecular weight is 304 g/mol. The zero-order valence-corrected chi connectivity index (χ0v) is 13.2. The molecule has 1 aliphatic rings. The third kappa shape index (κ3) is 3.10. The van der Waals surface area contributed by atoms with Gasteiger partial charge in [0.25, 0.3) is 0 Å². The number of aryl methyl sites for hydroxylation is 1. The van der Waals surface area contributed by atoms with Crippen molar-refractivity contribution in [3.63, 3.8) is 0 Å². The molecular formula is C15H20N4O3. The van der Waals surface area contributed by atoms with Crippen molar-refractivity contribution in [3.05, 3.63) is 23.7 Å². The van der Waals surface area contributed by atoms with Crippen LogP contribution in [0.3, 0.4) is 0 Å². The van der Waals surface area contributed by atoms with Crippen molar-refractivity contribution in [2.75, 3.05) is 27.2 Å². The summed E-state index contributed by atoms with van der Waals surface area (Å²) < 4.78 is 16.9. The predicted octanol–water partition coefficient (Wildman–Crippen LogP) is 1.84. The number of hydrogen-bond donors (Lipinski definition) is 0. The quantitative estimate of drug-likeness (QED) is 0.856. The van der Waals surface area contributed by atoms with Gasteiger partial charge in [0, 0.05) is 30.4 Å². The molecule has 1 aliphatic heterocycles. The lowest BCUT2D eigenvalue weighted by molar-refractivity contribution is -0.0821. The minimum absolute atomic E-state index is 0.141. The maximum Gasteiger partial charge on any atom is 0.248 e. The maximum absolute atomic E-state index is 5.89. The van der Waals surface area contributed by atoms with Crippen molar-refractivity contribution in [1.29, 1.82) is 0 Å². The van der Waals surface area contributed by atoms with Crippen LogP contribution in [-0.2, 0) is 4.74 Å². The summed E-state index contributed by atoms with van der Waals surface area (Å²) in [5.74, 6) is 1.47. The summed E-state index contributed by atoms with van der Waals surface area (Å²) in [6.07, 6.45) is -0.0535. The molecule has 2 aromatic rings. The Labute approximate surface area is 129 Å². The van der Waals surface area contributed by atoms with Crippen LogP contribution in [0.4, 0.5) is 0 Å². The summed E-state index contributed by atoms with van der Waals surface area (Å²) in [5.41, 5.74) is 1.62. The van der Waals surface area contributed by atoms with Gasteiger partial charge in [-0.1, -0.05) is 0 Å². The van der Waals surface area contributed by atoms with Gasteiger partial charge in [-0.15, -0.1) is 10.2 Å². The Morgan fingerprint density at radius 3 is 2.82 bits per heavy atom. The number of nitrogens with zero attached hydrogens (tertiary/aromatic N) is 4. The molecule has 118 valence electrons. The summed E-state index contributed by atoms with van der Waals surface area (Å²) in [6.45, 7) is 5.57. The fourth-order valence-corrected chi connectivity index (χ4v) is 2.65. The average Bonchev–Trinajstić information content (AvgIpc) is 2.95. The summed E-state index contributed by atoms with van der Waals surface area (Å²) >= 11 is 0. The van der Waals surface area contributed by atoms with Gasteiger partial charge >= 0.3 is 0 Å². The fraction of sp³-hybridized carbons (Fsp3) is 0.533. The first-order valence-electron chi connectivity index (χ1n) is 7.25. The maximum atomic E-state index is 5.89. The molecule has 0 N–H and O–H groups in total. The van der Waals surface area contributed by atoms with Crippen LogP contribution in [0.25, 0.3) is 11.5 Å². The number of likely N-dealkylation sites (N-methyl/N-ethyl adjacent to an activating group) is 1.